The van der Waals surface area contributed by atoms with Gasteiger partial charge in [0.1, 0.15) is 5.82 Å². The molecule has 1 amide bonds. The van der Waals surface area contributed by atoms with Crippen molar-refractivity contribution in [3.8, 4) is 0 Å². The van der Waals surface area contributed by atoms with Crippen LogP contribution in [0.5, 0.6) is 0 Å². The van der Waals surface area contributed by atoms with E-state index in [1.54, 1.807) is 0 Å². The maximum atomic E-state index is 12.9. The van der Waals surface area contributed by atoms with E-state index in [4.69, 9.17) is 4.98 Å². The number of imidazole rings is 1. The van der Waals surface area contributed by atoms with Crippen LogP contribution in [0.25, 0.3) is 0 Å². The minimum atomic E-state index is 0.264. The van der Waals surface area contributed by atoms with Crippen LogP contribution in [0.2, 0.25) is 0 Å². The Labute approximate surface area is 191 Å². The number of carbonyl (C=O) groups is 1. The number of pyridine rings is 1. The highest BCUT2D eigenvalue weighted by molar-refractivity contribution is 5.76. The van der Waals surface area contributed by atoms with Crippen LogP contribution >= 0.6 is 0 Å². The first kappa shape index (κ1) is 22.3. The summed E-state index contributed by atoms with van der Waals surface area (Å²) in [7, 11) is 0. The van der Waals surface area contributed by atoms with Crippen molar-refractivity contribution in [3.63, 3.8) is 0 Å². The molecule has 3 heterocycles. The minimum Gasteiger partial charge on any atom is -0.342 e. The third-order valence-electron chi connectivity index (χ3n) is 6.59. The van der Waals surface area contributed by atoms with E-state index in [1.165, 1.54) is 16.7 Å². The Bertz CT molecular complexity index is 1070. The molecule has 1 unspecified atom stereocenters. The molecule has 0 spiro atoms. The fraction of sp³-hybridized carbons (Fsp3) is 0.444. The highest BCUT2D eigenvalue weighted by Gasteiger charge is 2.25. The zero-order valence-corrected chi connectivity index (χ0v) is 19.6. The van der Waals surface area contributed by atoms with Crippen LogP contribution in [-0.4, -0.2) is 38.4 Å². The van der Waals surface area contributed by atoms with Crippen molar-refractivity contribution < 1.29 is 4.79 Å². The molecule has 0 bridgehead atoms. The number of nitrogens with zero attached hydrogens (tertiary/aromatic N) is 4. The quantitative estimate of drug-likeness (QED) is 0.531. The minimum absolute atomic E-state index is 0.264. The van der Waals surface area contributed by atoms with Crippen LogP contribution in [-0.2, 0) is 17.8 Å². The van der Waals surface area contributed by atoms with E-state index < -0.39 is 0 Å². The Morgan fingerprint density at radius 3 is 2.78 bits per heavy atom. The first-order chi connectivity index (χ1) is 15.5. The molecule has 0 aliphatic carbocycles. The average molecular weight is 431 g/mol. The molecule has 1 saturated heterocycles. The van der Waals surface area contributed by atoms with Gasteiger partial charge in [-0.1, -0.05) is 24.3 Å². The molecule has 0 saturated carbocycles. The predicted octanol–water partition coefficient (Wildman–Crippen LogP) is 4.98. The van der Waals surface area contributed by atoms with Gasteiger partial charge in [-0.25, -0.2) is 4.98 Å². The zero-order chi connectivity index (χ0) is 22.5. The Kier molecular flexibility index (Phi) is 7.03. The average Bonchev–Trinajstić information content (AvgIpc) is 3.19. The summed E-state index contributed by atoms with van der Waals surface area (Å²) in [5.41, 5.74) is 6.19. The molecule has 0 N–H and O–H groups in total. The molecule has 4 rings (SSSR count). The van der Waals surface area contributed by atoms with Gasteiger partial charge in [-0.2, -0.15) is 0 Å². The van der Waals surface area contributed by atoms with E-state index in [0.717, 1.165) is 62.5 Å². The summed E-state index contributed by atoms with van der Waals surface area (Å²) in [6.07, 6.45) is 8.29. The van der Waals surface area contributed by atoms with Crippen molar-refractivity contribution in [3.05, 3.63) is 82.7 Å². The summed E-state index contributed by atoms with van der Waals surface area (Å²) in [5.74, 6) is 1.59. The van der Waals surface area contributed by atoms with Gasteiger partial charge in [-0.15, -0.1) is 0 Å². The van der Waals surface area contributed by atoms with E-state index in [0.29, 0.717) is 12.3 Å². The number of carbonyl (C=O) groups excluding carboxylic acids is 1. The number of amides is 1. The molecule has 168 valence electrons. The molecule has 5 heteroatoms. The normalized spacial score (nSPS) is 16.3. The van der Waals surface area contributed by atoms with Crippen molar-refractivity contribution >= 4 is 5.91 Å². The second-order valence-electron chi connectivity index (χ2n) is 9.10. The van der Waals surface area contributed by atoms with Gasteiger partial charge in [0.25, 0.3) is 0 Å². The van der Waals surface area contributed by atoms with Gasteiger partial charge >= 0.3 is 0 Å². The molecule has 5 nitrogen and oxygen atoms in total. The van der Waals surface area contributed by atoms with E-state index in [-0.39, 0.29) is 5.91 Å². The fourth-order valence-corrected chi connectivity index (χ4v) is 4.75. The second kappa shape index (κ2) is 10.1. The summed E-state index contributed by atoms with van der Waals surface area (Å²) in [5, 5.41) is 0. The van der Waals surface area contributed by atoms with Crippen LogP contribution in [0.1, 0.15) is 65.5 Å². The van der Waals surface area contributed by atoms with E-state index >= 15 is 0 Å². The molecule has 3 aromatic rings. The number of likely N-dealkylation sites (tertiary alicyclic amines) is 1. The van der Waals surface area contributed by atoms with Gasteiger partial charge in [0, 0.05) is 55.8 Å². The highest BCUT2D eigenvalue weighted by Crippen LogP contribution is 2.28. The monoisotopic (exact) mass is 430 g/mol. The Hall–Kier alpha value is -2.95. The van der Waals surface area contributed by atoms with Crippen molar-refractivity contribution in [2.75, 3.05) is 13.1 Å². The van der Waals surface area contributed by atoms with E-state index in [1.807, 2.05) is 19.3 Å². The number of piperidine rings is 1. The maximum absolute atomic E-state index is 12.9. The summed E-state index contributed by atoms with van der Waals surface area (Å²) >= 11 is 0. The molecule has 1 aliphatic heterocycles. The number of aryl methyl sites for hydroxylation is 4. The Balaban J connectivity index is 1.39. The third kappa shape index (κ3) is 5.45. The van der Waals surface area contributed by atoms with Gasteiger partial charge in [0.2, 0.25) is 5.91 Å². The summed E-state index contributed by atoms with van der Waals surface area (Å²) in [6, 6.07) is 13.0. The zero-order valence-electron chi connectivity index (χ0n) is 19.6. The SMILES string of the molecule is Cc1cc(Cc2ccccc2C)cc(C2CCCN(C(=O)CCCn3ccnc3C)C2)n1. The second-order valence-corrected chi connectivity index (χ2v) is 9.10. The standard InChI is InChI=1S/C27H34N4O/c1-20-8-4-5-9-24(20)17-23-16-21(2)29-26(18-23)25-10-6-14-31(19-25)27(32)11-7-13-30-15-12-28-22(30)3/h4-5,8-9,12,15-16,18,25H,6-7,10-11,13-14,17,19H2,1-3H3. The van der Waals surface area contributed by atoms with Gasteiger partial charge in [0.15, 0.2) is 0 Å². The van der Waals surface area contributed by atoms with Crippen molar-refractivity contribution in [1.29, 1.82) is 0 Å². The van der Waals surface area contributed by atoms with E-state index in [2.05, 4.69) is 64.7 Å². The molecule has 1 atom stereocenters. The molecular weight excluding hydrogens is 396 g/mol. The van der Waals surface area contributed by atoms with Crippen molar-refractivity contribution in [2.24, 2.45) is 0 Å². The van der Waals surface area contributed by atoms with Crippen LogP contribution in [0.15, 0.2) is 48.8 Å². The van der Waals surface area contributed by atoms with Gasteiger partial charge in [-0.3, -0.25) is 9.78 Å². The smallest absolute Gasteiger partial charge is 0.222 e. The number of hydrogen-bond acceptors (Lipinski definition) is 3. The van der Waals surface area contributed by atoms with Crippen molar-refractivity contribution in [2.45, 2.75) is 65.3 Å². The molecule has 32 heavy (non-hydrogen) atoms. The lowest BCUT2D eigenvalue weighted by molar-refractivity contribution is -0.132. The third-order valence-corrected chi connectivity index (χ3v) is 6.59. The molecule has 1 aliphatic rings. The summed E-state index contributed by atoms with van der Waals surface area (Å²) < 4.78 is 2.11. The Morgan fingerprint density at radius 1 is 1.16 bits per heavy atom. The number of hydrogen-bond donors (Lipinski definition) is 0. The number of rotatable bonds is 7. The predicted molar refractivity (Wildman–Crippen MR) is 128 cm³/mol. The van der Waals surface area contributed by atoms with Crippen molar-refractivity contribution in [1.82, 2.24) is 19.4 Å². The molecule has 0 radical (unpaired) electrons. The van der Waals surface area contributed by atoms with Crippen LogP contribution in [0, 0.1) is 20.8 Å². The maximum Gasteiger partial charge on any atom is 0.222 e. The molecule has 2 aromatic heterocycles. The van der Waals surface area contributed by atoms with Gasteiger partial charge < -0.3 is 9.47 Å². The largest absolute Gasteiger partial charge is 0.342 e. The molecule has 1 fully saturated rings. The van der Waals surface area contributed by atoms with Gasteiger partial charge in [0.05, 0.1) is 0 Å². The first-order valence-corrected chi connectivity index (χ1v) is 11.8. The van der Waals surface area contributed by atoms with Crippen LogP contribution in [0.3, 0.4) is 0 Å². The highest BCUT2D eigenvalue weighted by atomic mass is 16.2. The summed E-state index contributed by atoms with van der Waals surface area (Å²) in [4.78, 5) is 24.1. The lowest BCUT2D eigenvalue weighted by Crippen LogP contribution is -2.39. The fourth-order valence-electron chi connectivity index (χ4n) is 4.75. The van der Waals surface area contributed by atoms with E-state index in [9.17, 15) is 4.79 Å². The van der Waals surface area contributed by atoms with Gasteiger partial charge in [-0.05, 0) is 75.3 Å². The lowest BCUT2D eigenvalue weighted by atomic mass is 9.91. The topological polar surface area (TPSA) is 51.0 Å². The first-order valence-electron chi connectivity index (χ1n) is 11.8. The van der Waals surface area contributed by atoms with Crippen LogP contribution in [0.4, 0.5) is 0 Å². The Morgan fingerprint density at radius 2 is 2.00 bits per heavy atom. The molecular formula is C27H34N4O. The number of aromatic nitrogens is 3. The van der Waals surface area contributed by atoms with Crippen LogP contribution < -0.4 is 0 Å². The lowest BCUT2D eigenvalue weighted by Gasteiger charge is -2.33. The number of benzene rings is 1. The summed E-state index contributed by atoms with van der Waals surface area (Å²) in [6.45, 7) is 8.73. The molecule has 1 aromatic carbocycles.